The Balaban J connectivity index is 2.67. The number of methoxy groups -OCH3 is 1. The van der Waals surface area contributed by atoms with Crippen LogP contribution < -0.4 is 5.73 Å². The van der Waals surface area contributed by atoms with Crippen LogP contribution in [0.3, 0.4) is 0 Å². The second-order valence-electron chi connectivity index (χ2n) is 3.91. The molecule has 0 aliphatic heterocycles. The Kier molecular flexibility index (Phi) is 6.26. The molecule has 3 nitrogen and oxygen atoms in total. The number of rotatable bonds is 7. The van der Waals surface area contributed by atoms with Crippen LogP contribution in [0.15, 0.2) is 35.3 Å². The summed E-state index contributed by atoms with van der Waals surface area (Å²) in [5.41, 5.74) is 7.78. The summed E-state index contributed by atoms with van der Waals surface area (Å²) in [6.45, 7) is 7.06. The predicted molar refractivity (Wildman–Crippen MR) is 75.9 cm³/mol. The Morgan fingerprint density at radius 3 is 2.82 bits per heavy atom. The summed E-state index contributed by atoms with van der Waals surface area (Å²) in [7, 11) is 1.71. The molecule has 2 N–H and O–H groups in total. The molecule has 0 spiro atoms. The number of hydrogen-bond acceptors (Lipinski definition) is 3. The van der Waals surface area contributed by atoms with E-state index in [1.165, 1.54) is 5.56 Å². The first-order valence-corrected chi connectivity index (χ1v) is 6.32. The fourth-order valence-corrected chi connectivity index (χ4v) is 2.22. The average Bonchev–Trinajstić information content (AvgIpc) is 2.24. The lowest BCUT2D eigenvalue weighted by atomic mass is 10.2. The third-order valence-electron chi connectivity index (χ3n) is 2.39. The first-order chi connectivity index (χ1) is 8.15. The van der Waals surface area contributed by atoms with E-state index in [0.29, 0.717) is 0 Å². The lowest BCUT2D eigenvalue weighted by molar-refractivity contribution is 0.151. The largest absolute Gasteiger partial charge is 0.399 e. The fourth-order valence-electron chi connectivity index (χ4n) is 1.66. The normalized spacial score (nSPS) is 10.8. The number of ether oxygens (including phenoxy) is 1. The maximum Gasteiger partial charge on any atom is 0.0589 e. The Morgan fingerprint density at radius 2 is 2.24 bits per heavy atom. The predicted octanol–water partition coefficient (Wildman–Crippen LogP) is 2.67. The molecule has 0 amide bonds. The van der Waals surface area contributed by atoms with Crippen molar-refractivity contribution in [3.63, 3.8) is 0 Å². The van der Waals surface area contributed by atoms with E-state index in [-0.39, 0.29) is 0 Å². The summed E-state index contributed by atoms with van der Waals surface area (Å²) in [5, 5.41) is 0. The highest BCUT2D eigenvalue weighted by atomic mass is 79.9. The number of benzene rings is 1. The number of nitrogens with zero attached hydrogens (tertiary/aromatic N) is 1. The number of nitrogens with two attached hydrogens (primary N) is 1. The van der Waals surface area contributed by atoms with Crippen molar-refractivity contribution in [2.24, 2.45) is 0 Å². The highest BCUT2D eigenvalue weighted by molar-refractivity contribution is 9.10. The van der Waals surface area contributed by atoms with Crippen molar-refractivity contribution in [1.82, 2.24) is 4.90 Å². The van der Waals surface area contributed by atoms with E-state index in [1.807, 2.05) is 18.2 Å². The Morgan fingerprint density at radius 1 is 1.47 bits per heavy atom. The Labute approximate surface area is 111 Å². The first-order valence-electron chi connectivity index (χ1n) is 5.53. The number of nitrogen functional groups attached to an aromatic ring is 1. The minimum atomic E-state index is 0.720. The van der Waals surface area contributed by atoms with Crippen LogP contribution in [0, 0.1) is 0 Å². The molecule has 1 rings (SSSR count). The summed E-state index contributed by atoms with van der Waals surface area (Å²) in [6.07, 6.45) is 1.90. The second-order valence-corrected chi connectivity index (χ2v) is 4.83. The van der Waals surface area contributed by atoms with E-state index in [9.17, 15) is 0 Å². The molecular formula is C13H19BrN2O. The van der Waals surface area contributed by atoms with E-state index in [4.69, 9.17) is 10.5 Å². The molecule has 17 heavy (non-hydrogen) atoms. The molecule has 1 aromatic rings. The van der Waals surface area contributed by atoms with Gasteiger partial charge in [-0.15, -0.1) is 6.58 Å². The summed E-state index contributed by atoms with van der Waals surface area (Å²) in [6, 6.07) is 5.98. The zero-order chi connectivity index (χ0) is 12.7. The molecule has 0 aromatic heterocycles. The van der Waals surface area contributed by atoms with Crippen molar-refractivity contribution in [3.05, 3.63) is 40.9 Å². The molecule has 0 aliphatic rings. The molecule has 0 heterocycles. The van der Waals surface area contributed by atoms with Crippen LogP contribution in [0.5, 0.6) is 0 Å². The minimum absolute atomic E-state index is 0.720. The molecule has 0 saturated carbocycles. The molecule has 0 bridgehead atoms. The molecule has 0 atom stereocenters. The van der Waals surface area contributed by atoms with Gasteiger partial charge in [-0.3, -0.25) is 4.90 Å². The van der Waals surface area contributed by atoms with E-state index in [0.717, 1.165) is 36.4 Å². The van der Waals surface area contributed by atoms with Crippen molar-refractivity contribution in [1.29, 1.82) is 0 Å². The van der Waals surface area contributed by atoms with Gasteiger partial charge in [-0.25, -0.2) is 0 Å². The zero-order valence-corrected chi connectivity index (χ0v) is 11.7. The Bertz CT molecular complexity index is 348. The second kappa shape index (κ2) is 7.48. The van der Waals surface area contributed by atoms with Crippen molar-refractivity contribution in [2.75, 3.05) is 32.5 Å². The molecule has 4 heteroatoms. The first kappa shape index (κ1) is 14.2. The highest BCUT2D eigenvalue weighted by Crippen LogP contribution is 2.18. The van der Waals surface area contributed by atoms with Crippen LogP contribution in [0.4, 0.5) is 5.69 Å². The van der Waals surface area contributed by atoms with Gasteiger partial charge in [0.15, 0.2) is 0 Å². The van der Waals surface area contributed by atoms with Crippen molar-refractivity contribution in [3.8, 4) is 0 Å². The van der Waals surface area contributed by atoms with E-state index >= 15 is 0 Å². The molecule has 0 fully saturated rings. The van der Waals surface area contributed by atoms with Gasteiger partial charge in [-0.1, -0.05) is 22.0 Å². The summed E-state index contributed by atoms with van der Waals surface area (Å²) in [5.74, 6) is 0. The van der Waals surface area contributed by atoms with Gasteiger partial charge in [0.25, 0.3) is 0 Å². The van der Waals surface area contributed by atoms with Crippen LogP contribution in [0.2, 0.25) is 0 Å². The van der Waals surface area contributed by atoms with E-state index < -0.39 is 0 Å². The molecule has 0 aliphatic carbocycles. The maximum atomic E-state index is 5.82. The molecule has 0 saturated heterocycles. The standard InChI is InChI=1S/C13H19BrN2O/c1-3-4-16(5-6-17-2)10-11-7-12(14)9-13(15)8-11/h3,7-9H,1,4-6,10,15H2,2H3. The highest BCUT2D eigenvalue weighted by Gasteiger charge is 2.05. The van der Waals surface area contributed by atoms with E-state index in [1.54, 1.807) is 7.11 Å². The van der Waals surface area contributed by atoms with Gasteiger partial charge in [0.1, 0.15) is 0 Å². The van der Waals surface area contributed by atoms with Gasteiger partial charge in [0.2, 0.25) is 0 Å². The number of anilines is 1. The van der Waals surface area contributed by atoms with Crippen molar-refractivity contribution in [2.45, 2.75) is 6.54 Å². The molecule has 0 radical (unpaired) electrons. The van der Waals surface area contributed by atoms with E-state index in [2.05, 4.69) is 33.5 Å². The van der Waals surface area contributed by atoms with Crippen LogP contribution in [-0.4, -0.2) is 31.7 Å². The molecule has 1 aromatic carbocycles. The third kappa shape index (κ3) is 5.35. The van der Waals surface area contributed by atoms with Crippen LogP contribution in [-0.2, 0) is 11.3 Å². The minimum Gasteiger partial charge on any atom is -0.399 e. The van der Waals surface area contributed by atoms with Gasteiger partial charge in [-0.2, -0.15) is 0 Å². The molecule has 94 valence electrons. The third-order valence-corrected chi connectivity index (χ3v) is 2.84. The van der Waals surface area contributed by atoms with Gasteiger partial charge < -0.3 is 10.5 Å². The van der Waals surface area contributed by atoms with Crippen LogP contribution in [0.25, 0.3) is 0 Å². The summed E-state index contributed by atoms with van der Waals surface area (Å²) in [4.78, 5) is 2.26. The van der Waals surface area contributed by atoms with Gasteiger partial charge >= 0.3 is 0 Å². The Hall–Kier alpha value is -0.840. The monoisotopic (exact) mass is 298 g/mol. The molecular weight excluding hydrogens is 280 g/mol. The van der Waals surface area contributed by atoms with Gasteiger partial charge in [0, 0.05) is 36.9 Å². The fraction of sp³-hybridized carbons (Fsp3) is 0.385. The van der Waals surface area contributed by atoms with Gasteiger partial charge in [-0.05, 0) is 23.8 Å². The number of halogens is 1. The van der Waals surface area contributed by atoms with Gasteiger partial charge in [0.05, 0.1) is 6.61 Å². The SMILES string of the molecule is C=CCN(CCOC)Cc1cc(N)cc(Br)c1. The van der Waals surface area contributed by atoms with Crippen molar-refractivity contribution >= 4 is 21.6 Å². The van der Waals surface area contributed by atoms with Crippen LogP contribution >= 0.6 is 15.9 Å². The maximum absolute atomic E-state index is 5.82. The topological polar surface area (TPSA) is 38.5 Å². The summed E-state index contributed by atoms with van der Waals surface area (Å²) < 4.78 is 6.11. The lowest BCUT2D eigenvalue weighted by Crippen LogP contribution is -2.27. The van der Waals surface area contributed by atoms with Crippen LogP contribution in [0.1, 0.15) is 5.56 Å². The van der Waals surface area contributed by atoms with Crippen molar-refractivity contribution < 1.29 is 4.74 Å². The summed E-state index contributed by atoms with van der Waals surface area (Å²) >= 11 is 3.45. The molecule has 0 unspecified atom stereocenters. The average molecular weight is 299 g/mol. The quantitative estimate of drug-likeness (QED) is 0.621. The number of hydrogen-bond donors (Lipinski definition) is 1. The zero-order valence-electron chi connectivity index (χ0n) is 10.2. The lowest BCUT2D eigenvalue weighted by Gasteiger charge is -2.20. The smallest absolute Gasteiger partial charge is 0.0589 e.